The van der Waals surface area contributed by atoms with Crippen molar-refractivity contribution in [2.75, 3.05) is 13.2 Å². The molecule has 3 rings (SSSR count). The molecular formula is C11H13NO. The number of fused-ring (bicyclic) bond motifs is 1. The molecular weight excluding hydrogens is 162 g/mol. The summed E-state index contributed by atoms with van der Waals surface area (Å²) < 4.78 is 5.56. The van der Waals surface area contributed by atoms with Crippen LogP contribution in [0.1, 0.15) is 23.6 Å². The molecule has 2 heterocycles. The van der Waals surface area contributed by atoms with Crippen LogP contribution in [0.25, 0.3) is 0 Å². The third-order valence-corrected chi connectivity index (χ3v) is 2.74. The standard InChI is InChI=1S/C11H13NO/c1-2-9-6-8(10-7-12-10)3-4-11(9)13-5-1/h3-4,6,10,12H,1-2,5,7H2/t10-/m1/s1. The Morgan fingerprint density at radius 1 is 1.38 bits per heavy atom. The first kappa shape index (κ1) is 7.39. The van der Waals surface area contributed by atoms with Gasteiger partial charge in [-0.3, -0.25) is 0 Å². The van der Waals surface area contributed by atoms with E-state index in [1.807, 2.05) is 0 Å². The minimum Gasteiger partial charge on any atom is -0.493 e. The largest absolute Gasteiger partial charge is 0.493 e. The lowest BCUT2D eigenvalue weighted by Crippen LogP contribution is -2.08. The second-order valence-electron chi connectivity index (χ2n) is 3.78. The summed E-state index contributed by atoms with van der Waals surface area (Å²) in [6.07, 6.45) is 2.34. The summed E-state index contributed by atoms with van der Waals surface area (Å²) in [5.74, 6) is 1.09. The monoisotopic (exact) mass is 175 g/mol. The molecule has 2 heteroatoms. The maximum absolute atomic E-state index is 5.56. The van der Waals surface area contributed by atoms with Gasteiger partial charge in [-0.25, -0.2) is 0 Å². The van der Waals surface area contributed by atoms with Crippen LogP contribution in [-0.2, 0) is 6.42 Å². The molecule has 0 unspecified atom stereocenters. The van der Waals surface area contributed by atoms with E-state index in [0.717, 1.165) is 25.3 Å². The lowest BCUT2D eigenvalue weighted by molar-refractivity contribution is 0.288. The average molecular weight is 175 g/mol. The first-order chi connectivity index (χ1) is 6.43. The van der Waals surface area contributed by atoms with Gasteiger partial charge in [0.25, 0.3) is 0 Å². The highest BCUT2D eigenvalue weighted by molar-refractivity contribution is 5.40. The Morgan fingerprint density at radius 2 is 2.31 bits per heavy atom. The van der Waals surface area contributed by atoms with Crippen LogP contribution in [0.3, 0.4) is 0 Å². The van der Waals surface area contributed by atoms with Gasteiger partial charge in [-0.15, -0.1) is 0 Å². The van der Waals surface area contributed by atoms with Crippen LogP contribution in [0.4, 0.5) is 0 Å². The van der Waals surface area contributed by atoms with E-state index in [1.54, 1.807) is 0 Å². The number of benzene rings is 1. The number of aryl methyl sites for hydroxylation is 1. The van der Waals surface area contributed by atoms with E-state index in [4.69, 9.17) is 4.74 Å². The fourth-order valence-corrected chi connectivity index (χ4v) is 1.89. The lowest BCUT2D eigenvalue weighted by atomic mass is 10.0. The van der Waals surface area contributed by atoms with Gasteiger partial charge in [0, 0.05) is 12.6 Å². The van der Waals surface area contributed by atoms with Crippen molar-refractivity contribution in [1.29, 1.82) is 0 Å². The number of rotatable bonds is 1. The molecule has 0 bridgehead atoms. The predicted molar refractivity (Wildman–Crippen MR) is 51.0 cm³/mol. The van der Waals surface area contributed by atoms with E-state index in [-0.39, 0.29) is 0 Å². The molecule has 1 aromatic rings. The predicted octanol–water partition coefficient (Wildman–Crippen LogP) is 1.66. The maximum atomic E-state index is 5.56. The van der Waals surface area contributed by atoms with E-state index >= 15 is 0 Å². The molecule has 1 aromatic carbocycles. The Kier molecular flexibility index (Phi) is 1.56. The Balaban J connectivity index is 1.98. The van der Waals surface area contributed by atoms with Gasteiger partial charge in [0.05, 0.1) is 6.61 Å². The summed E-state index contributed by atoms with van der Waals surface area (Å²) >= 11 is 0. The number of hydrogen-bond acceptors (Lipinski definition) is 2. The molecule has 13 heavy (non-hydrogen) atoms. The molecule has 0 radical (unpaired) electrons. The van der Waals surface area contributed by atoms with Crippen LogP contribution in [0, 0.1) is 0 Å². The number of hydrogen-bond donors (Lipinski definition) is 1. The Labute approximate surface area is 77.9 Å². The zero-order valence-electron chi connectivity index (χ0n) is 7.55. The van der Waals surface area contributed by atoms with Crippen molar-refractivity contribution in [3.63, 3.8) is 0 Å². The first-order valence-electron chi connectivity index (χ1n) is 4.92. The van der Waals surface area contributed by atoms with Crippen molar-refractivity contribution in [3.8, 4) is 5.75 Å². The molecule has 0 aliphatic carbocycles. The van der Waals surface area contributed by atoms with Crippen LogP contribution in [0.15, 0.2) is 18.2 Å². The minimum atomic E-state index is 0.618. The molecule has 2 nitrogen and oxygen atoms in total. The summed E-state index contributed by atoms with van der Waals surface area (Å²) in [7, 11) is 0. The summed E-state index contributed by atoms with van der Waals surface area (Å²) in [6.45, 7) is 2.02. The van der Waals surface area contributed by atoms with E-state index < -0.39 is 0 Å². The Hall–Kier alpha value is -1.02. The maximum Gasteiger partial charge on any atom is 0.122 e. The zero-order chi connectivity index (χ0) is 8.67. The number of ether oxygens (including phenoxy) is 1. The highest BCUT2D eigenvalue weighted by Crippen LogP contribution is 2.30. The summed E-state index contributed by atoms with van der Waals surface area (Å²) in [6, 6.07) is 7.20. The van der Waals surface area contributed by atoms with Crippen molar-refractivity contribution in [2.24, 2.45) is 0 Å². The molecule has 2 aliphatic heterocycles. The molecule has 0 saturated carbocycles. The minimum absolute atomic E-state index is 0.618. The average Bonchev–Trinajstić information content (AvgIpc) is 3.00. The zero-order valence-corrected chi connectivity index (χ0v) is 7.55. The van der Waals surface area contributed by atoms with Gasteiger partial charge < -0.3 is 10.1 Å². The molecule has 0 spiro atoms. The van der Waals surface area contributed by atoms with Gasteiger partial charge in [-0.05, 0) is 30.0 Å². The third-order valence-electron chi connectivity index (χ3n) is 2.74. The van der Waals surface area contributed by atoms with Crippen LogP contribution in [-0.4, -0.2) is 13.2 Å². The molecule has 68 valence electrons. The van der Waals surface area contributed by atoms with Crippen LogP contribution in [0.5, 0.6) is 5.75 Å². The van der Waals surface area contributed by atoms with Crippen molar-refractivity contribution in [2.45, 2.75) is 18.9 Å². The van der Waals surface area contributed by atoms with E-state index in [1.165, 1.54) is 17.5 Å². The van der Waals surface area contributed by atoms with Crippen LogP contribution >= 0.6 is 0 Å². The molecule has 1 atom stereocenters. The fraction of sp³-hybridized carbons (Fsp3) is 0.455. The third kappa shape index (κ3) is 1.31. The van der Waals surface area contributed by atoms with Gasteiger partial charge in [-0.2, -0.15) is 0 Å². The quantitative estimate of drug-likeness (QED) is 0.658. The Bertz CT molecular complexity index is 331. The van der Waals surface area contributed by atoms with Crippen molar-refractivity contribution >= 4 is 0 Å². The molecule has 2 aliphatic rings. The highest BCUT2D eigenvalue weighted by atomic mass is 16.5. The van der Waals surface area contributed by atoms with Gasteiger partial charge in [0.15, 0.2) is 0 Å². The van der Waals surface area contributed by atoms with Gasteiger partial charge >= 0.3 is 0 Å². The van der Waals surface area contributed by atoms with Gasteiger partial charge in [0.1, 0.15) is 5.75 Å². The van der Waals surface area contributed by atoms with Gasteiger partial charge in [0.2, 0.25) is 0 Å². The van der Waals surface area contributed by atoms with E-state index in [0.29, 0.717) is 6.04 Å². The number of nitrogens with one attached hydrogen (secondary N) is 1. The molecule has 0 amide bonds. The van der Waals surface area contributed by atoms with Crippen molar-refractivity contribution < 1.29 is 4.74 Å². The highest BCUT2D eigenvalue weighted by Gasteiger charge is 2.23. The summed E-state index contributed by atoms with van der Waals surface area (Å²) in [5.41, 5.74) is 2.81. The summed E-state index contributed by atoms with van der Waals surface area (Å²) in [5, 5.41) is 3.32. The second-order valence-corrected chi connectivity index (χ2v) is 3.78. The Morgan fingerprint density at radius 3 is 3.15 bits per heavy atom. The van der Waals surface area contributed by atoms with E-state index in [2.05, 4.69) is 23.5 Å². The summed E-state index contributed by atoms with van der Waals surface area (Å²) in [4.78, 5) is 0. The van der Waals surface area contributed by atoms with E-state index in [9.17, 15) is 0 Å². The molecule has 1 fully saturated rings. The fourth-order valence-electron chi connectivity index (χ4n) is 1.89. The topological polar surface area (TPSA) is 31.2 Å². The van der Waals surface area contributed by atoms with Crippen molar-refractivity contribution in [3.05, 3.63) is 29.3 Å². The normalized spacial score (nSPS) is 24.8. The molecule has 0 aromatic heterocycles. The van der Waals surface area contributed by atoms with Gasteiger partial charge in [-0.1, -0.05) is 12.1 Å². The SMILES string of the molecule is c1cc2c(cc1[C@H]1CN1)CCCO2. The molecule has 1 N–H and O–H groups in total. The van der Waals surface area contributed by atoms with Crippen molar-refractivity contribution in [1.82, 2.24) is 5.32 Å². The van der Waals surface area contributed by atoms with Crippen LogP contribution < -0.4 is 10.1 Å². The van der Waals surface area contributed by atoms with Crippen LogP contribution in [0.2, 0.25) is 0 Å². The smallest absolute Gasteiger partial charge is 0.122 e. The second kappa shape index (κ2) is 2.74. The lowest BCUT2D eigenvalue weighted by Gasteiger charge is -2.17. The first-order valence-corrected chi connectivity index (χ1v) is 4.92. The molecule has 1 saturated heterocycles.